The molecule has 0 fully saturated rings. The minimum absolute atomic E-state index is 0.0963. The van der Waals surface area contributed by atoms with E-state index in [1.54, 1.807) is 73.8 Å². The molecule has 0 bridgehead atoms. The van der Waals surface area contributed by atoms with Crippen molar-refractivity contribution in [3.05, 3.63) is 127 Å². The lowest BCUT2D eigenvalue weighted by atomic mass is 10.2. The first-order valence-corrected chi connectivity index (χ1v) is 13.6. The third kappa shape index (κ3) is 5.53. The van der Waals surface area contributed by atoms with E-state index in [9.17, 15) is 14.9 Å². The van der Waals surface area contributed by atoms with E-state index in [0.717, 1.165) is 10.2 Å². The number of methoxy groups -OCH3 is 1. The van der Waals surface area contributed by atoms with E-state index >= 15 is 0 Å². The molecule has 0 N–H and O–H groups in total. The Hall–Kier alpha value is -5.19. The predicted molar refractivity (Wildman–Crippen MR) is 165 cm³/mol. The fourth-order valence-corrected chi connectivity index (χ4v) is 4.83. The monoisotopic (exact) mass is 614 g/mol. The molecule has 0 saturated heterocycles. The van der Waals surface area contributed by atoms with Crippen LogP contribution in [-0.4, -0.2) is 27.9 Å². The molecule has 0 aliphatic carbocycles. The lowest BCUT2D eigenvalue weighted by Crippen LogP contribution is -2.20. The molecular formula is C31H20Cl2N4O6. The van der Waals surface area contributed by atoms with Gasteiger partial charge in [0.25, 0.3) is 11.2 Å². The molecule has 43 heavy (non-hydrogen) atoms. The van der Waals surface area contributed by atoms with Gasteiger partial charge in [0, 0.05) is 17.7 Å². The van der Waals surface area contributed by atoms with E-state index in [2.05, 4.69) is 10.1 Å². The highest BCUT2D eigenvalue weighted by atomic mass is 35.5. The van der Waals surface area contributed by atoms with Crippen LogP contribution in [0.3, 0.4) is 0 Å². The third-order valence-corrected chi connectivity index (χ3v) is 7.35. The first-order valence-electron chi connectivity index (χ1n) is 12.8. The van der Waals surface area contributed by atoms with Crippen LogP contribution in [0.4, 0.5) is 5.69 Å². The summed E-state index contributed by atoms with van der Waals surface area (Å²) in [4.78, 5) is 29.4. The zero-order valence-corrected chi connectivity index (χ0v) is 23.9. The van der Waals surface area contributed by atoms with Crippen molar-refractivity contribution >= 4 is 57.0 Å². The van der Waals surface area contributed by atoms with Crippen molar-refractivity contribution in [1.29, 1.82) is 0 Å². The van der Waals surface area contributed by atoms with E-state index in [1.165, 1.54) is 24.4 Å². The zero-order chi connectivity index (χ0) is 30.1. The lowest BCUT2D eigenvalue weighted by molar-refractivity contribution is -0.384. The topological polar surface area (TPSA) is 122 Å². The fraction of sp³-hybridized carbons (Fsp3) is 0.0645. The molecule has 0 amide bonds. The molecule has 6 aromatic rings. The van der Waals surface area contributed by atoms with E-state index in [0.29, 0.717) is 37.7 Å². The van der Waals surface area contributed by atoms with Gasteiger partial charge >= 0.3 is 0 Å². The van der Waals surface area contributed by atoms with Crippen LogP contribution < -0.4 is 15.0 Å². The van der Waals surface area contributed by atoms with Crippen LogP contribution in [0.1, 0.15) is 11.1 Å². The van der Waals surface area contributed by atoms with Crippen LogP contribution in [0.2, 0.25) is 10.0 Å². The van der Waals surface area contributed by atoms with Crippen molar-refractivity contribution in [2.75, 3.05) is 7.11 Å². The van der Waals surface area contributed by atoms with Gasteiger partial charge in [-0.25, -0.2) is 4.98 Å². The summed E-state index contributed by atoms with van der Waals surface area (Å²) >= 11 is 12.1. The number of para-hydroxylation sites is 1. The van der Waals surface area contributed by atoms with Crippen molar-refractivity contribution in [1.82, 2.24) is 9.66 Å². The number of non-ortho nitro benzene ring substituents is 1. The maximum atomic E-state index is 13.7. The first-order chi connectivity index (χ1) is 20.8. The van der Waals surface area contributed by atoms with E-state index in [-0.39, 0.29) is 35.2 Å². The molecule has 0 atom stereocenters. The molecule has 10 nitrogen and oxygen atoms in total. The molecule has 4 aromatic carbocycles. The van der Waals surface area contributed by atoms with Crippen LogP contribution in [0.5, 0.6) is 11.5 Å². The molecule has 0 radical (unpaired) electrons. The second kappa shape index (κ2) is 11.6. The Labute approximate surface area is 253 Å². The standard InChI is InChI=1S/C31H20Cl2N4O6/c1-41-27-7-4-8-28-22(27)15-29(43-28)30-35-25-6-3-2-5-21(25)31(38)36(30)34-16-19-14-20(37(39)40)10-12-26(19)42-17-18-9-11-23(32)24(33)13-18/h2-16H,17H2,1H3. The van der Waals surface area contributed by atoms with Crippen LogP contribution in [-0.2, 0) is 6.61 Å². The SMILES string of the molecule is COc1cccc2oc(-c3nc4ccccc4c(=O)n3N=Cc3cc([N+](=O)[O-])ccc3OCc3ccc(Cl)c(Cl)c3)cc12. The molecule has 0 saturated carbocycles. The summed E-state index contributed by atoms with van der Waals surface area (Å²) in [6.45, 7) is 0.0963. The lowest BCUT2D eigenvalue weighted by Gasteiger charge is -2.11. The van der Waals surface area contributed by atoms with Gasteiger partial charge in [-0.05, 0) is 54.1 Å². The average Bonchev–Trinajstić information content (AvgIpc) is 3.46. The fourth-order valence-electron chi connectivity index (χ4n) is 4.50. The molecule has 6 rings (SSSR count). The molecule has 0 aliphatic rings. The summed E-state index contributed by atoms with van der Waals surface area (Å²) in [5.74, 6) is 1.28. The quantitative estimate of drug-likeness (QED) is 0.0988. The van der Waals surface area contributed by atoms with Crippen molar-refractivity contribution in [3.8, 4) is 23.1 Å². The van der Waals surface area contributed by atoms with Gasteiger partial charge in [-0.15, -0.1) is 0 Å². The summed E-state index contributed by atoms with van der Waals surface area (Å²) in [5, 5.41) is 17.8. The minimum Gasteiger partial charge on any atom is -0.496 e. The van der Waals surface area contributed by atoms with E-state index in [1.807, 2.05) is 0 Å². The van der Waals surface area contributed by atoms with Gasteiger partial charge in [-0.3, -0.25) is 14.9 Å². The second-order valence-electron chi connectivity index (χ2n) is 9.31. The summed E-state index contributed by atoms with van der Waals surface area (Å²) in [6.07, 6.45) is 1.31. The Balaban J connectivity index is 1.46. The normalized spacial score (nSPS) is 11.4. The molecule has 214 valence electrons. The molecule has 2 heterocycles. The van der Waals surface area contributed by atoms with Crippen molar-refractivity contribution in [3.63, 3.8) is 0 Å². The van der Waals surface area contributed by atoms with Crippen LogP contribution >= 0.6 is 23.2 Å². The number of nitro groups is 1. The number of benzene rings is 4. The molecular weight excluding hydrogens is 595 g/mol. The van der Waals surface area contributed by atoms with Gasteiger partial charge in [0.15, 0.2) is 5.76 Å². The Morgan fingerprint density at radius 2 is 1.81 bits per heavy atom. The minimum atomic E-state index is -0.531. The largest absolute Gasteiger partial charge is 0.496 e. The second-order valence-corrected chi connectivity index (χ2v) is 10.1. The van der Waals surface area contributed by atoms with Gasteiger partial charge in [-0.2, -0.15) is 9.78 Å². The zero-order valence-electron chi connectivity index (χ0n) is 22.4. The molecule has 12 heteroatoms. The average molecular weight is 615 g/mol. The number of furan rings is 1. The highest BCUT2D eigenvalue weighted by molar-refractivity contribution is 6.42. The van der Waals surface area contributed by atoms with Crippen LogP contribution in [0.15, 0.2) is 99.2 Å². The predicted octanol–water partition coefficient (Wildman–Crippen LogP) is 7.49. The number of hydrogen-bond acceptors (Lipinski definition) is 8. The molecule has 0 unspecified atom stereocenters. The number of nitro benzene ring substituents is 1. The van der Waals surface area contributed by atoms with Crippen LogP contribution in [0.25, 0.3) is 33.5 Å². The number of halogens is 2. The maximum Gasteiger partial charge on any atom is 0.282 e. The summed E-state index contributed by atoms with van der Waals surface area (Å²) in [7, 11) is 1.55. The van der Waals surface area contributed by atoms with Gasteiger partial charge in [0.1, 0.15) is 23.7 Å². The number of rotatable bonds is 8. The Morgan fingerprint density at radius 3 is 2.60 bits per heavy atom. The van der Waals surface area contributed by atoms with Crippen molar-refractivity contribution in [2.24, 2.45) is 5.10 Å². The smallest absolute Gasteiger partial charge is 0.282 e. The van der Waals surface area contributed by atoms with Crippen molar-refractivity contribution < 1.29 is 18.8 Å². The third-order valence-electron chi connectivity index (χ3n) is 6.61. The molecule has 2 aromatic heterocycles. The number of ether oxygens (including phenoxy) is 2. The number of hydrogen-bond donors (Lipinski definition) is 0. The summed E-state index contributed by atoms with van der Waals surface area (Å²) in [6, 6.07) is 23.1. The summed E-state index contributed by atoms with van der Waals surface area (Å²) < 4.78 is 18.6. The maximum absolute atomic E-state index is 13.7. The number of nitrogens with zero attached hydrogens (tertiary/aromatic N) is 4. The van der Waals surface area contributed by atoms with Gasteiger partial charge in [-0.1, -0.05) is 47.5 Å². The highest BCUT2D eigenvalue weighted by Gasteiger charge is 2.18. The first kappa shape index (κ1) is 28.0. The van der Waals surface area contributed by atoms with Crippen LogP contribution in [0, 0.1) is 10.1 Å². The summed E-state index contributed by atoms with van der Waals surface area (Å²) in [5.41, 5.74) is 1.32. The number of fused-ring (bicyclic) bond motifs is 2. The molecule has 0 aliphatic heterocycles. The van der Waals surface area contributed by atoms with Crippen molar-refractivity contribution in [2.45, 2.75) is 6.61 Å². The van der Waals surface area contributed by atoms with Gasteiger partial charge in [0.2, 0.25) is 5.82 Å². The van der Waals surface area contributed by atoms with Gasteiger partial charge in [0.05, 0.1) is 44.6 Å². The number of aromatic nitrogens is 2. The van der Waals surface area contributed by atoms with E-state index < -0.39 is 10.5 Å². The highest BCUT2D eigenvalue weighted by Crippen LogP contribution is 2.33. The van der Waals surface area contributed by atoms with Gasteiger partial charge < -0.3 is 13.9 Å². The Kier molecular flexibility index (Phi) is 7.54. The Morgan fingerprint density at radius 1 is 0.977 bits per heavy atom. The molecule has 0 spiro atoms. The van der Waals surface area contributed by atoms with E-state index in [4.69, 9.17) is 37.1 Å². The Bertz CT molecular complexity index is 2120.